The van der Waals surface area contributed by atoms with Crippen LogP contribution in [-0.4, -0.2) is 14.7 Å². The molecule has 2 rings (SSSR count). The minimum Gasteiger partial charge on any atom is -0.366 e. The summed E-state index contributed by atoms with van der Waals surface area (Å²) in [6.07, 6.45) is 1.53. The molecule has 16 heavy (non-hydrogen) atoms. The number of benzene rings is 1. The van der Waals surface area contributed by atoms with Crippen LogP contribution < -0.4 is 5.73 Å². The van der Waals surface area contributed by atoms with Crippen LogP contribution in [-0.2, 0) is 0 Å². The Kier molecular flexibility index (Phi) is 3.09. The summed E-state index contributed by atoms with van der Waals surface area (Å²) in [4.78, 5) is 11.1. The quantitative estimate of drug-likeness (QED) is 0.915. The molecule has 82 valence electrons. The summed E-state index contributed by atoms with van der Waals surface area (Å²) in [5.41, 5.74) is 6.41. The summed E-state index contributed by atoms with van der Waals surface area (Å²) in [5.74, 6) is -0.605. The van der Waals surface area contributed by atoms with Gasteiger partial charge < -0.3 is 5.73 Å². The lowest BCUT2D eigenvalue weighted by atomic mass is 10.1. The van der Waals surface area contributed by atoms with E-state index >= 15 is 0 Å². The van der Waals surface area contributed by atoms with Crippen LogP contribution in [0.5, 0.6) is 0 Å². The number of hydrogen-bond acceptors (Lipinski definition) is 4. The van der Waals surface area contributed by atoms with E-state index in [4.69, 9.17) is 28.9 Å². The third-order valence-corrected chi connectivity index (χ3v) is 3.16. The molecule has 2 N–H and O–H groups in total. The summed E-state index contributed by atoms with van der Waals surface area (Å²) >= 11 is 13.1. The number of carbonyl (C=O) groups excluding carboxylic acids is 1. The standard InChI is InChI=1S/C9H5Cl2N3OS/c10-5-2-1-4(9(12)15)8(11)7(5)6-3-13-16-14-6/h1-3H,(H2,12,15). The van der Waals surface area contributed by atoms with Crippen molar-refractivity contribution >= 4 is 40.8 Å². The van der Waals surface area contributed by atoms with E-state index in [0.717, 1.165) is 11.7 Å². The van der Waals surface area contributed by atoms with Crippen molar-refractivity contribution in [3.05, 3.63) is 33.9 Å². The minimum atomic E-state index is -0.605. The Morgan fingerprint density at radius 3 is 2.69 bits per heavy atom. The first-order chi connectivity index (χ1) is 7.61. The lowest BCUT2D eigenvalue weighted by Crippen LogP contribution is -2.11. The van der Waals surface area contributed by atoms with E-state index < -0.39 is 5.91 Å². The van der Waals surface area contributed by atoms with Crippen LogP contribution in [0.1, 0.15) is 10.4 Å². The zero-order valence-corrected chi connectivity index (χ0v) is 10.1. The van der Waals surface area contributed by atoms with E-state index in [9.17, 15) is 4.79 Å². The van der Waals surface area contributed by atoms with Gasteiger partial charge in [0.2, 0.25) is 5.91 Å². The van der Waals surface area contributed by atoms with Gasteiger partial charge in [0, 0.05) is 5.56 Å². The fourth-order valence-electron chi connectivity index (χ4n) is 1.25. The summed E-state index contributed by atoms with van der Waals surface area (Å²) in [7, 11) is 0. The minimum absolute atomic E-state index is 0.202. The third kappa shape index (κ3) is 1.89. The van der Waals surface area contributed by atoms with Gasteiger partial charge in [0.25, 0.3) is 0 Å². The van der Waals surface area contributed by atoms with Gasteiger partial charge in [-0.25, -0.2) is 0 Å². The van der Waals surface area contributed by atoms with Crippen LogP contribution in [0.25, 0.3) is 11.3 Å². The molecule has 0 saturated carbocycles. The summed E-state index contributed by atoms with van der Waals surface area (Å²) < 4.78 is 7.87. The molecule has 2 aromatic rings. The Morgan fingerprint density at radius 1 is 1.38 bits per heavy atom. The van der Waals surface area contributed by atoms with Gasteiger partial charge in [-0.2, -0.15) is 8.75 Å². The van der Waals surface area contributed by atoms with E-state index in [2.05, 4.69) is 8.75 Å². The highest BCUT2D eigenvalue weighted by Crippen LogP contribution is 2.35. The van der Waals surface area contributed by atoms with Crippen molar-refractivity contribution in [3.63, 3.8) is 0 Å². The average Bonchev–Trinajstić information content (AvgIpc) is 2.70. The van der Waals surface area contributed by atoms with Gasteiger partial charge in [0.1, 0.15) is 5.69 Å². The van der Waals surface area contributed by atoms with Crippen LogP contribution in [0, 0.1) is 0 Å². The van der Waals surface area contributed by atoms with E-state index in [1.807, 2.05) is 0 Å². The lowest BCUT2D eigenvalue weighted by Gasteiger charge is -2.06. The van der Waals surface area contributed by atoms with Gasteiger partial charge >= 0.3 is 0 Å². The second-order valence-electron chi connectivity index (χ2n) is 2.94. The molecule has 0 bridgehead atoms. The maximum absolute atomic E-state index is 11.1. The van der Waals surface area contributed by atoms with Gasteiger partial charge in [-0.05, 0) is 12.1 Å². The van der Waals surface area contributed by atoms with Crippen LogP contribution in [0.3, 0.4) is 0 Å². The molecule has 7 heteroatoms. The van der Waals surface area contributed by atoms with Crippen molar-refractivity contribution in [2.24, 2.45) is 5.73 Å². The van der Waals surface area contributed by atoms with Crippen LogP contribution in [0.2, 0.25) is 10.0 Å². The molecule has 1 amide bonds. The zero-order valence-electron chi connectivity index (χ0n) is 7.78. The summed E-state index contributed by atoms with van der Waals surface area (Å²) in [6.45, 7) is 0. The molecule has 0 unspecified atom stereocenters. The second-order valence-corrected chi connectivity index (χ2v) is 4.28. The molecule has 0 radical (unpaired) electrons. The second kappa shape index (κ2) is 4.37. The molecule has 4 nitrogen and oxygen atoms in total. The number of carbonyl (C=O) groups is 1. The van der Waals surface area contributed by atoms with E-state index in [1.54, 1.807) is 6.07 Å². The van der Waals surface area contributed by atoms with Crippen molar-refractivity contribution < 1.29 is 4.79 Å². The Bertz CT molecular complexity index is 542. The van der Waals surface area contributed by atoms with E-state index in [0.29, 0.717) is 16.3 Å². The van der Waals surface area contributed by atoms with Gasteiger partial charge in [-0.15, -0.1) is 0 Å². The Labute approximate surface area is 105 Å². The summed E-state index contributed by atoms with van der Waals surface area (Å²) in [5, 5.41) is 0.607. The zero-order chi connectivity index (χ0) is 11.7. The maximum atomic E-state index is 11.1. The number of aromatic nitrogens is 2. The molecule has 1 aromatic carbocycles. The molecule has 0 saturated heterocycles. The van der Waals surface area contributed by atoms with Gasteiger partial charge in [0.15, 0.2) is 0 Å². The fourth-order valence-corrected chi connectivity index (χ4v) is 2.33. The van der Waals surface area contributed by atoms with Crippen LogP contribution >= 0.6 is 34.9 Å². The molecule has 1 aromatic heterocycles. The van der Waals surface area contributed by atoms with Crippen molar-refractivity contribution in [3.8, 4) is 11.3 Å². The fraction of sp³-hybridized carbons (Fsp3) is 0. The Balaban J connectivity index is 2.69. The first-order valence-electron chi connectivity index (χ1n) is 4.17. The molecule has 0 spiro atoms. The number of amides is 1. The molecule has 0 fully saturated rings. The van der Waals surface area contributed by atoms with E-state index in [-0.39, 0.29) is 10.6 Å². The number of hydrogen-bond donors (Lipinski definition) is 1. The number of rotatable bonds is 2. The number of nitrogens with two attached hydrogens (primary N) is 1. The predicted octanol–water partition coefficient (Wildman–Crippen LogP) is 2.61. The monoisotopic (exact) mass is 273 g/mol. The predicted molar refractivity (Wildman–Crippen MR) is 63.9 cm³/mol. The molecule has 1 heterocycles. The smallest absolute Gasteiger partial charge is 0.250 e. The first-order valence-corrected chi connectivity index (χ1v) is 5.65. The highest BCUT2D eigenvalue weighted by molar-refractivity contribution is 6.99. The van der Waals surface area contributed by atoms with Crippen molar-refractivity contribution in [1.82, 2.24) is 8.75 Å². The third-order valence-electron chi connectivity index (χ3n) is 1.97. The SMILES string of the molecule is NC(=O)c1ccc(Cl)c(-c2cnsn2)c1Cl. The molecular weight excluding hydrogens is 269 g/mol. The highest BCUT2D eigenvalue weighted by Gasteiger charge is 2.17. The number of primary amides is 1. The first kappa shape index (κ1) is 11.3. The molecule has 0 aliphatic rings. The largest absolute Gasteiger partial charge is 0.366 e. The van der Waals surface area contributed by atoms with Crippen LogP contribution in [0.4, 0.5) is 0 Å². The van der Waals surface area contributed by atoms with Crippen LogP contribution in [0.15, 0.2) is 18.3 Å². The number of nitrogens with zero attached hydrogens (tertiary/aromatic N) is 2. The molecule has 0 atom stereocenters. The Morgan fingerprint density at radius 2 is 2.12 bits per heavy atom. The molecule has 0 aliphatic heterocycles. The highest BCUT2D eigenvalue weighted by atomic mass is 35.5. The van der Waals surface area contributed by atoms with E-state index in [1.165, 1.54) is 12.3 Å². The van der Waals surface area contributed by atoms with Crippen molar-refractivity contribution in [2.45, 2.75) is 0 Å². The van der Waals surface area contributed by atoms with Gasteiger partial charge in [-0.3, -0.25) is 4.79 Å². The maximum Gasteiger partial charge on any atom is 0.250 e. The topological polar surface area (TPSA) is 68.9 Å². The summed E-state index contributed by atoms with van der Waals surface area (Å²) in [6, 6.07) is 3.04. The molecule has 0 aliphatic carbocycles. The van der Waals surface area contributed by atoms with Gasteiger partial charge in [-0.1, -0.05) is 23.2 Å². The normalized spacial score (nSPS) is 10.4. The lowest BCUT2D eigenvalue weighted by molar-refractivity contribution is 0.100. The van der Waals surface area contributed by atoms with Crippen molar-refractivity contribution in [1.29, 1.82) is 0 Å². The average molecular weight is 274 g/mol. The Hall–Kier alpha value is -1.17. The van der Waals surface area contributed by atoms with Crippen molar-refractivity contribution in [2.75, 3.05) is 0 Å². The number of halogens is 2. The van der Waals surface area contributed by atoms with Gasteiger partial charge in [0.05, 0.1) is 33.5 Å². The molecular formula is C9H5Cl2N3OS.